The molecule has 2 aromatic carbocycles. The second kappa shape index (κ2) is 8.10. The SMILES string of the molecule is CCOc1ccccc1NCCCOc1ccccc1. The normalized spacial score (nSPS) is 10.1. The molecule has 0 fully saturated rings. The highest BCUT2D eigenvalue weighted by atomic mass is 16.5. The lowest BCUT2D eigenvalue weighted by Crippen LogP contribution is -2.08. The zero-order chi connectivity index (χ0) is 14.0. The first-order valence-electron chi connectivity index (χ1n) is 7.03. The van der Waals surface area contributed by atoms with E-state index in [0.29, 0.717) is 13.2 Å². The zero-order valence-corrected chi connectivity index (χ0v) is 11.8. The molecule has 0 amide bonds. The zero-order valence-electron chi connectivity index (χ0n) is 11.8. The smallest absolute Gasteiger partial charge is 0.142 e. The molecule has 0 spiro atoms. The molecule has 0 aliphatic heterocycles. The Morgan fingerprint density at radius 1 is 0.900 bits per heavy atom. The summed E-state index contributed by atoms with van der Waals surface area (Å²) in [6.07, 6.45) is 0.940. The molecule has 0 radical (unpaired) electrons. The first-order valence-corrected chi connectivity index (χ1v) is 7.03. The van der Waals surface area contributed by atoms with Crippen LogP contribution in [0.5, 0.6) is 11.5 Å². The molecular weight excluding hydrogens is 250 g/mol. The minimum Gasteiger partial charge on any atom is -0.494 e. The molecule has 3 nitrogen and oxygen atoms in total. The van der Waals surface area contributed by atoms with Crippen molar-refractivity contribution in [1.82, 2.24) is 0 Å². The Bertz CT molecular complexity index is 499. The molecule has 0 atom stereocenters. The van der Waals surface area contributed by atoms with Crippen LogP contribution >= 0.6 is 0 Å². The molecule has 0 bridgehead atoms. The standard InChI is InChI=1S/C17H21NO2/c1-2-19-17-12-7-6-11-16(17)18-13-8-14-20-15-9-4-3-5-10-15/h3-7,9-12,18H,2,8,13-14H2,1H3. The van der Waals surface area contributed by atoms with Gasteiger partial charge in [0.15, 0.2) is 0 Å². The number of benzene rings is 2. The Morgan fingerprint density at radius 2 is 1.65 bits per heavy atom. The van der Waals surface area contributed by atoms with E-state index in [4.69, 9.17) is 9.47 Å². The fourth-order valence-electron chi connectivity index (χ4n) is 1.90. The molecule has 0 saturated carbocycles. The van der Waals surface area contributed by atoms with Crippen molar-refractivity contribution in [3.63, 3.8) is 0 Å². The van der Waals surface area contributed by atoms with Gasteiger partial charge in [0.25, 0.3) is 0 Å². The van der Waals surface area contributed by atoms with Gasteiger partial charge >= 0.3 is 0 Å². The van der Waals surface area contributed by atoms with Crippen LogP contribution in [-0.2, 0) is 0 Å². The van der Waals surface area contributed by atoms with Gasteiger partial charge in [-0.1, -0.05) is 30.3 Å². The summed E-state index contributed by atoms with van der Waals surface area (Å²) in [4.78, 5) is 0. The number of nitrogens with one attached hydrogen (secondary N) is 1. The Kier molecular flexibility index (Phi) is 5.77. The molecule has 3 heteroatoms. The summed E-state index contributed by atoms with van der Waals surface area (Å²) in [7, 11) is 0. The largest absolute Gasteiger partial charge is 0.494 e. The molecule has 0 aliphatic rings. The summed E-state index contributed by atoms with van der Waals surface area (Å²) >= 11 is 0. The van der Waals surface area contributed by atoms with Crippen LogP contribution in [0.2, 0.25) is 0 Å². The second-order valence-electron chi connectivity index (χ2n) is 4.37. The van der Waals surface area contributed by atoms with Crippen LogP contribution in [0.15, 0.2) is 54.6 Å². The molecule has 0 unspecified atom stereocenters. The lowest BCUT2D eigenvalue weighted by molar-refractivity contribution is 0.314. The van der Waals surface area contributed by atoms with Crippen molar-refractivity contribution in [2.24, 2.45) is 0 Å². The average molecular weight is 271 g/mol. The molecule has 0 aliphatic carbocycles. The van der Waals surface area contributed by atoms with Crippen LogP contribution < -0.4 is 14.8 Å². The molecule has 2 rings (SSSR count). The van der Waals surface area contributed by atoms with Crippen LogP contribution in [0.4, 0.5) is 5.69 Å². The summed E-state index contributed by atoms with van der Waals surface area (Å²) in [6, 6.07) is 17.9. The maximum atomic E-state index is 5.65. The van der Waals surface area contributed by atoms with Gasteiger partial charge in [0.1, 0.15) is 11.5 Å². The van der Waals surface area contributed by atoms with Gasteiger partial charge in [-0.25, -0.2) is 0 Å². The van der Waals surface area contributed by atoms with Crippen molar-refractivity contribution in [1.29, 1.82) is 0 Å². The van der Waals surface area contributed by atoms with E-state index in [1.165, 1.54) is 0 Å². The maximum Gasteiger partial charge on any atom is 0.142 e. The second-order valence-corrected chi connectivity index (χ2v) is 4.37. The summed E-state index contributed by atoms with van der Waals surface area (Å²) in [6.45, 7) is 4.23. The molecule has 1 N–H and O–H groups in total. The van der Waals surface area contributed by atoms with Crippen LogP contribution in [0, 0.1) is 0 Å². The number of rotatable bonds is 8. The van der Waals surface area contributed by atoms with Crippen molar-refractivity contribution in [2.75, 3.05) is 25.1 Å². The van der Waals surface area contributed by atoms with Crippen LogP contribution in [0.1, 0.15) is 13.3 Å². The lowest BCUT2D eigenvalue weighted by Gasteiger charge is -2.12. The minimum absolute atomic E-state index is 0.676. The Morgan fingerprint density at radius 3 is 2.45 bits per heavy atom. The first-order chi connectivity index (χ1) is 9.90. The van der Waals surface area contributed by atoms with Gasteiger partial charge in [-0.2, -0.15) is 0 Å². The average Bonchev–Trinajstić information content (AvgIpc) is 2.50. The van der Waals surface area contributed by atoms with E-state index in [-0.39, 0.29) is 0 Å². The number of hydrogen-bond donors (Lipinski definition) is 1. The highest BCUT2D eigenvalue weighted by Gasteiger charge is 2.00. The third-order valence-electron chi connectivity index (χ3n) is 2.84. The molecule has 20 heavy (non-hydrogen) atoms. The van der Waals surface area contributed by atoms with E-state index < -0.39 is 0 Å². The summed E-state index contributed by atoms with van der Waals surface area (Å²) in [5, 5.41) is 3.38. The Labute approximate surface area is 120 Å². The monoisotopic (exact) mass is 271 g/mol. The van der Waals surface area contributed by atoms with Crippen LogP contribution in [0.25, 0.3) is 0 Å². The predicted octanol–water partition coefficient (Wildman–Crippen LogP) is 3.97. The van der Waals surface area contributed by atoms with Crippen molar-refractivity contribution >= 4 is 5.69 Å². The highest BCUT2D eigenvalue weighted by Crippen LogP contribution is 2.23. The van der Waals surface area contributed by atoms with Crippen LogP contribution in [-0.4, -0.2) is 19.8 Å². The van der Waals surface area contributed by atoms with Gasteiger partial charge in [-0.3, -0.25) is 0 Å². The van der Waals surface area contributed by atoms with E-state index >= 15 is 0 Å². The number of para-hydroxylation sites is 3. The summed E-state index contributed by atoms with van der Waals surface area (Å²) in [5.41, 5.74) is 1.04. The predicted molar refractivity (Wildman–Crippen MR) is 82.7 cm³/mol. The number of ether oxygens (including phenoxy) is 2. The minimum atomic E-state index is 0.676. The third-order valence-corrected chi connectivity index (χ3v) is 2.84. The summed E-state index contributed by atoms with van der Waals surface area (Å²) < 4.78 is 11.2. The van der Waals surface area contributed by atoms with Gasteiger partial charge in [0.05, 0.1) is 18.9 Å². The molecule has 2 aromatic rings. The molecular formula is C17H21NO2. The molecule has 0 aromatic heterocycles. The topological polar surface area (TPSA) is 30.5 Å². The van der Waals surface area contributed by atoms with Gasteiger partial charge in [0, 0.05) is 6.54 Å². The van der Waals surface area contributed by atoms with E-state index in [9.17, 15) is 0 Å². The van der Waals surface area contributed by atoms with E-state index in [1.807, 2.05) is 61.5 Å². The van der Waals surface area contributed by atoms with Gasteiger partial charge < -0.3 is 14.8 Å². The lowest BCUT2D eigenvalue weighted by atomic mass is 10.3. The quantitative estimate of drug-likeness (QED) is 0.737. The summed E-state index contributed by atoms with van der Waals surface area (Å²) in [5.74, 6) is 1.82. The van der Waals surface area contributed by atoms with Gasteiger partial charge in [0.2, 0.25) is 0 Å². The van der Waals surface area contributed by atoms with E-state index in [0.717, 1.165) is 30.2 Å². The fourth-order valence-corrected chi connectivity index (χ4v) is 1.90. The Balaban J connectivity index is 1.71. The number of anilines is 1. The van der Waals surface area contributed by atoms with E-state index in [2.05, 4.69) is 5.32 Å². The molecule has 0 saturated heterocycles. The van der Waals surface area contributed by atoms with Crippen molar-refractivity contribution in [3.8, 4) is 11.5 Å². The van der Waals surface area contributed by atoms with Gasteiger partial charge in [-0.15, -0.1) is 0 Å². The van der Waals surface area contributed by atoms with Crippen molar-refractivity contribution in [3.05, 3.63) is 54.6 Å². The van der Waals surface area contributed by atoms with Crippen LogP contribution in [0.3, 0.4) is 0 Å². The van der Waals surface area contributed by atoms with Crippen molar-refractivity contribution < 1.29 is 9.47 Å². The van der Waals surface area contributed by atoms with Crippen molar-refractivity contribution in [2.45, 2.75) is 13.3 Å². The highest BCUT2D eigenvalue weighted by molar-refractivity contribution is 5.56. The van der Waals surface area contributed by atoms with Gasteiger partial charge in [-0.05, 0) is 37.6 Å². The maximum absolute atomic E-state index is 5.65. The van der Waals surface area contributed by atoms with E-state index in [1.54, 1.807) is 0 Å². The molecule has 106 valence electrons. The molecule has 0 heterocycles. The Hall–Kier alpha value is -2.16. The third kappa shape index (κ3) is 4.50. The first kappa shape index (κ1) is 14.3. The number of hydrogen-bond acceptors (Lipinski definition) is 3. The fraction of sp³-hybridized carbons (Fsp3) is 0.294.